The van der Waals surface area contributed by atoms with Crippen molar-refractivity contribution in [3.05, 3.63) is 46.8 Å². The maximum Gasteiger partial charge on any atom is 0.252 e. The highest BCUT2D eigenvalue weighted by atomic mass is 19.2. The Kier molecular flexibility index (Phi) is 3.32. The number of hydrogen-bond acceptors (Lipinski definition) is 2. The van der Waals surface area contributed by atoms with Crippen LogP contribution in [-0.2, 0) is 0 Å². The van der Waals surface area contributed by atoms with E-state index in [1.807, 2.05) is 0 Å². The normalized spacial score (nSPS) is 11.0. The molecule has 0 aliphatic carbocycles. The largest absolute Gasteiger partial charge is 0.252 e. The summed E-state index contributed by atoms with van der Waals surface area (Å²) in [6.07, 6.45) is 0. The van der Waals surface area contributed by atoms with E-state index in [9.17, 15) is 35.1 Å². The second-order valence-electron chi connectivity index (χ2n) is 3.39. The fourth-order valence-electron chi connectivity index (χ4n) is 1.29. The summed E-state index contributed by atoms with van der Waals surface area (Å²) in [4.78, 5) is 4.92. The Hall–Kier alpha value is -2.26. The lowest BCUT2D eigenvalue weighted by Gasteiger charge is -2.06. The Bertz CT molecular complexity index is 654. The van der Waals surface area contributed by atoms with Crippen molar-refractivity contribution in [2.45, 2.75) is 0 Å². The molecule has 0 N–H and O–H groups in total. The van der Waals surface area contributed by atoms with Crippen molar-refractivity contribution < 1.29 is 35.1 Å². The van der Waals surface area contributed by atoms with Crippen molar-refractivity contribution in [3.63, 3.8) is 0 Å². The van der Waals surface area contributed by atoms with Crippen LogP contribution in [0.15, 0.2) is 0 Å². The number of hydrogen-bond donors (Lipinski definition) is 0. The molecule has 0 amide bonds. The monoisotopic (exact) mass is 300 g/mol. The van der Waals surface area contributed by atoms with E-state index in [0.717, 1.165) is 0 Å². The molecule has 20 heavy (non-hydrogen) atoms. The highest BCUT2D eigenvalue weighted by Crippen LogP contribution is 2.28. The molecule has 2 nitrogen and oxygen atoms in total. The molecule has 0 unspecified atom stereocenters. The number of aromatic nitrogens is 2. The molecule has 0 spiro atoms. The van der Waals surface area contributed by atoms with Gasteiger partial charge in [0.25, 0.3) is 11.9 Å². The first-order valence-electron chi connectivity index (χ1n) is 4.66. The third-order valence-electron chi connectivity index (χ3n) is 2.19. The van der Waals surface area contributed by atoms with Gasteiger partial charge in [-0.25, -0.2) is 27.5 Å². The van der Waals surface area contributed by atoms with Gasteiger partial charge in [-0.2, -0.15) is 17.6 Å². The van der Waals surface area contributed by atoms with E-state index in [2.05, 4.69) is 9.97 Å². The van der Waals surface area contributed by atoms with Crippen LogP contribution in [0.5, 0.6) is 0 Å². The SMILES string of the molecule is Fc1nc(-c2nc(F)c(F)c(F)c2F)c(F)c(F)c1F. The van der Waals surface area contributed by atoms with E-state index in [1.54, 1.807) is 0 Å². The Morgan fingerprint density at radius 3 is 1.00 bits per heavy atom. The van der Waals surface area contributed by atoms with Gasteiger partial charge in [-0.1, -0.05) is 0 Å². The molecule has 2 aromatic rings. The highest BCUT2D eigenvalue weighted by molar-refractivity contribution is 5.56. The summed E-state index contributed by atoms with van der Waals surface area (Å²) in [5.41, 5.74) is -3.28. The van der Waals surface area contributed by atoms with Crippen LogP contribution in [0.1, 0.15) is 0 Å². The average Bonchev–Trinajstić information content (AvgIpc) is 2.42. The first kappa shape index (κ1) is 14.2. The lowest BCUT2D eigenvalue weighted by Crippen LogP contribution is -2.09. The second-order valence-corrected chi connectivity index (χ2v) is 3.39. The lowest BCUT2D eigenvalue weighted by atomic mass is 10.2. The topological polar surface area (TPSA) is 25.8 Å². The van der Waals surface area contributed by atoms with Crippen LogP contribution in [0.3, 0.4) is 0 Å². The minimum absolute atomic E-state index is 1.64. The van der Waals surface area contributed by atoms with Gasteiger partial charge in [0.1, 0.15) is 11.4 Å². The maximum absolute atomic E-state index is 13.3. The summed E-state index contributed by atoms with van der Waals surface area (Å²) in [5.74, 6) is -18.3. The molecule has 2 rings (SSSR count). The number of halogens is 8. The first-order chi connectivity index (χ1) is 9.25. The van der Waals surface area contributed by atoms with Crippen molar-refractivity contribution in [1.82, 2.24) is 9.97 Å². The van der Waals surface area contributed by atoms with Crippen LogP contribution in [0, 0.1) is 46.8 Å². The van der Waals surface area contributed by atoms with E-state index >= 15 is 0 Å². The van der Waals surface area contributed by atoms with Crippen LogP contribution in [0.2, 0.25) is 0 Å². The lowest BCUT2D eigenvalue weighted by molar-refractivity contribution is 0.384. The molecule has 0 fully saturated rings. The summed E-state index contributed by atoms with van der Waals surface area (Å²) >= 11 is 0. The number of rotatable bonds is 1. The molecule has 10 heteroatoms. The highest BCUT2D eigenvalue weighted by Gasteiger charge is 2.28. The maximum atomic E-state index is 13.3. The predicted octanol–water partition coefficient (Wildman–Crippen LogP) is 3.26. The average molecular weight is 300 g/mol. The van der Waals surface area contributed by atoms with Gasteiger partial charge in [-0.05, 0) is 0 Å². The van der Waals surface area contributed by atoms with Gasteiger partial charge in [0, 0.05) is 0 Å². The van der Waals surface area contributed by atoms with E-state index in [1.165, 1.54) is 0 Å². The summed E-state index contributed by atoms with van der Waals surface area (Å²) in [6.45, 7) is 0. The Balaban J connectivity index is 2.83. The Labute approximate surface area is 104 Å². The van der Waals surface area contributed by atoms with E-state index in [4.69, 9.17) is 0 Å². The summed E-state index contributed by atoms with van der Waals surface area (Å²) in [7, 11) is 0. The van der Waals surface area contributed by atoms with Crippen molar-refractivity contribution >= 4 is 0 Å². The van der Waals surface area contributed by atoms with Crippen LogP contribution < -0.4 is 0 Å². The first-order valence-corrected chi connectivity index (χ1v) is 4.66. The smallest absolute Gasteiger partial charge is 0.212 e. The number of pyridine rings is 2. The molecular formula is C10F8N2. The van der Waals surface area contributed by atoms with Crippen LogP contribution >= 0.6 is 0 Å². The molecule has 106 valence electrons. The standard InChI is InChI=1S/C10F8N2/c11-1-3(13)7(19-9(17)5(1)15)8-4(14)2(12)6(16)10(18)20-8. The van der Waals surface area contributed by atoms with Gasteiger partial charge in [-0.15, -0.1) is 0 Å². The zero-order chi connectivity index (χ0) is 15.2. The van der Waals surface area contributed by atoms with Gasteiger partial charge >= 0.3 is 0 Å². The quantitative estimate of drug-likeness (QED) is 0.597. The molecule has 0 aromatic carbocycles. The molecule has 0 saturated carbocycles. The Morgan fingerprint density at radius 1 is 0.400 bits per heavy atom. The summed E-state index contributed by atoms with van der Waals surface area (Å²) in [6, 6.07) is 0. The number of nitrogens with zero attached hydrogens (tertiary/aromatic N) is 2. The second kappa shape index (κ2) is 4.69. The fourth-order valence-corrected chi connectivity index (χ4v) is 1.29. The molecule has 0 bridgehead atoms. The van der Waals surface area contributed by atoms with Crippen LogP contribution in [-0.4, -0.2) is 9.97 Å². The van der Waals surface area contributed by atoms with Gasteiger partial charge in [0.05, 0.1) is 0 Å². The molecular weight excluding hydrogens is 300 g/mol. The zero-order valence-corrected chi connectivity index (χ0v) is 8.92. The van der Waals surface area contributed by atoms with Gasteiger partial charge in [-0.3, -0.25) is 0 Å². The molecule has 0 saturated heterocycles. The van der Waals surface area contributed by atoms with Crippen LogP contribution in [0.4, 0.5) is 35.1 Å². The molecule has 0 radical (unpaired) electrons. The van der Waals surface area contributed by atoms with Gasteiger partial charge in [0.15, 0.2) is 11.6 Å². The third-order valence-corrected chi connectivity index (χ3v) is 2.19. The van der Waals surface area contributed by atoms with E-state index < -0.39 is 58.2 Å². The molecule has 2 aromatic heterocycles. The molecule has 2 heterocycles. The summed E-state index contributed by atoms with van der Waals surface area (Å²) in [5, 5.41) is 0. The molecule has 0 aliphatic rings. The fraction of sp³-hybridized carbons (Fsp3) is 0. The van der Waals surface area contributed by atoms with Crippen LogP contribution in [0.25, 0.3) is 11.4 Å². The minimum Gasteiger partial charge on any atom is -0.212 e. The van der Waals surface area contributed by atoms with Gasteiger partial charge in [0.2, 0.25) is 23.3 Å². The van der Waals surface area contributed by atoms with E-state index in [0.29, 0.717) is 0 Å². The van der Waals surface area contributed by atoms with Crippen molar-refractivity contribution in [1.29, 1.82) is 0 Å². The Morgan fingerprint density at radius 2 is 0.700 bits per heavy atom. The van der Waals surface area contributed by atoms with E-state index in [-0.39, 0.29) is 0 Å². The minimum atomic E-state index is -2.39. The van der Waals surface area contributed by atoms with Gasteiger partial charge < -0.3 is 0 Å². The van der Waals surface area contributed by atoms with Crippen molar-refractivity contribution in [2.75, 3.05) is 0 Å². The molecule has 0 aliphatic heterocycles. The van der Waals surface area contributed by atoms with Crippen molar-refractivity contribution in [2.24, 2.45) is 0 Å². The van der Waals surface area contributed by atoms with Crippen molar-refractivity contribution in [3.8, 4) is 11.4 Å². The third kappa shape index (κ3) is 1.96. The summed E-state index contributed by atoms with van der Waals surface area (Å²) < 4.78 is 103. The molecule has 0 atom stereocenters. The predicted molar refractivity (Wildman–Crippen MR) is 47.1 cm³/mol. The zero-order valence-electron chi connectivity index (χ0n) is 8.92.